The minimum absolute atomic E-state index is 0.112. The molecule has 2 heterocycles. The van der Waals surface area contributed by atoms with Crippen molar-refractivity contribution in [3.05, 3.63) is 29.8 Å². The highest BCUT2D eigenvalue weighted by Gasteiger charge is 2.22. The van der Waals surface area contributed by atoms with Crippen molar-refractivity contribution in [2.24, 2.45) is 0 Å². The van der Waals surface area contributed by atoms with E-state index in [0.717, 1.165) is 31.6 Å². The van der Waals surface area contributed by atoms with Gasteiger partial charge in [-0.05, 0) is 37.5 Å². The van der Waals surface area contributed by atoms with Crippen LogP contribution in [0.4, 0.5) is 10.5 Å². The van der Waals surface area contributed by atoms with E-state index in [1.54, 1.807) is 23.1 Å². The number of ether oxygens (including phenoxy) is 1. The molecule has 2 saturated heterocycles. The van der Waals surface area contributed by atoms with Crippen molar-refractivity contribution in [1.82, 2.24) is 10.6 Å². The van der Waals surface area contributed by atoms with Gasteiger partial charge in [0.25, 0.3) is 5.91 Å². The first-order valence-corrected chi connectivity index (χ1v) is 7.79. The maximum Gasteiger partial charge on any atom is 0.321 e. The van der Waals surface area contributed by atoms with E-state index in [1.807, 2.05) is 6.07 Å². The molecule has 0 spiro atoms. The maximum atomic E-state index is 12.2. The standard InChI is InChI=1S/C16H21N3O3/c20-15(17-7-6-14-5-2-10-22-14)12-3-1-4-13(11-12)19-9-8-18-16(19)21/h1,3-4,11,14H,2,5-10H2,(H,17,20)(H,18,21)/t14-/m0/s1. The van der Waals surface area contributed by atoms with Crippen molar-refractivity contribution in [1.29, 1.82) is 0 Å². The van der Waals surface area contributed by atoms with Crippen LogP contribution in [0.5, 0.6) is 0 Å². The largest absolute Gasteiger partial charge is 0.378 e. The Labute approximate surface area is 129 Å². The van der Waals surface area contributed by atoms with E-state index >= 15 is 0 Å². The molecule has 0 aliphatic carbocycles. The van der Waals surface area contributed by atoms with Gasteiger partial charge in [-0.2, -0.15) is 0 Å². The molecule has 0 saturated carbocycles. The van der Waals surface area contributed by atoms with Crippen molar-refractivity contribution < 1.29 is 14.3 Å². The molecular weight excluding hydrogens is 282 g/mol. The number of anilines is 1. The number of benzene rings is 1. The Balaban J connectivity index is 1.56. The lowest BCUT2D eigenvalue weighted by molar-refractivity contribution is 0.0907. The zero-order valence-electron chi connectivity index (χ0n) is 12.5. The average Bonchev–Trinajstić information content (AvgIpc) is 3.19. The molecule has 6 heteroatoms. The van der Waals surface area contributed by atoms with Crippen molar-refractivity contribution in [3.8, 4) is 0 Å². The molecule has 0 aromatic heterocycles. The zero-order chi connectivity index (χ0) is 15.4. The number of hydrogen-bond acceptors (Lipinski definition) is 3. The van der Waals surface area contributed by atoms with Crippen LogP contribution in [0.1, 0.15) is 29.6 Å². The average molecular weight is 303 g/mol. The number of rotatable bonds is 5. The van der Waals surface area contributed by atoms with Gasteiger partial charge >= 0.3 is 6.03 Å². The van der Waals surface area contributed by atoms with Crippen molar-refractivity contribution >= 4 is 17.6 Å². The highest BCUT2D eigenvalue weighted by molar-refractivity contribution is 5.98. The summed E-state index contributed by atoms with van der Waals surface area (Å²) in [5.74, 6) is -0.112. The molecule has 6 nitrogen and oxygen atoms in total. The summed E-state index contributed by atoms with van der Waals surface area (Å²) < 4.78 is 5.54. The van der Waals surface area contributed by atoms with E-state index in [1.165, 1.54) is 0 Å². The van der Waals surface area contributed by atoms with E-state index in [-0.39, 0.29) is 18.0 Å². The fraction of sp³-hybridized carbons (Fsp3) is 0.500. The molecule has 1 aromatic carbocycles. The van der Waals surface area contributed by atoms with Crippen LogP contribution in [0, 0.1) is 0 Å². The quantitative estimate of drug-likeness (QED) is 0.866. The molecule has 1 aromatic rings. The van der Waals surface area contributed by atoms with Crippen LogP contribution in [0.15, 0.2) is 24.3 Å². The molecule has 0 bridgehead atoms. The minimum Gasteiger partial charge on any atom is -0.378 e. The molecule has 0 unspecified atom stereocenters. The van der Waals surface area contributed by atoms with Crippen molar-refractivity contribution in [2.45, 2.75) is 25.4 Å². The number of nitrogens with one attached hydrogen (secondary N) is 2. The summed E-state index contributed by atoms with van der Waals surface area (Å²) in [6.45, 7) is 2.70. The highest BCUT2D eigenvalue weighted by Crippen LogP contribution is 2.18. The topological polar surface area (TPSA) is 70.7 Å². The monoisotopic (exact) mass is 303 g/mol. The highest BCUT2D eigenvalue weighted by atomic mass is 16.5. The summed E-state index contributed by atoms with van der Waals surface area (Å²) in [5.41, 5.74) is 1.33. The second-order valence-corrected chi connectivity index (χ2v) is 5.61. The summed E-state index contributed by atoms with van der Waals surface area (Å²) >= 11 is 0. The summed E-state index contributed by atoms with van der Waals surface area (Å²) in [6.07, 6.45) is 3.31. The lowest BCUT2D eigenvalue weighted by Crippen LogP contribution is -2.29. The predicted molar refractivity (Wildman–Crippen MR) is 83.1 cm³/mol. The van der Waals surface area contributed by atoms with Gasteiger partial charge in [0, 0.05) is 37.5 Å². The number of amides is 3. The summed E-state index contributed by atoms with van der Waals surface area (Å²) in [6, 6.07) is 7.05. The Hall–Kier alpha value is -2.08. The van der Waals surface area contributed by atoms with E-state index in [9.17, 15) is 9.59 Å². The molecule has 3 rings (SSSR count). The number of hydrogen-bond donors (Lipinski definition) is 2. The maximum absolute atomic E-state index is 12.2. The number of carbonyl (C=O) groups is 2. The third kappa shape index (κ3) is 3.39. The van der Waals surface area contributed by atoms with Crippen LogP contribution in [-0.4, -0.2) is 44.3 Å². The van der Waals surface area contributed by atoms with Crippen LogP contribution in [0.3, 0.4) is 0 Å². The third-order valence-corrected chi connectivity index (χ3v) is 4.05. The van der Waals surface area contributed by atoms with Crippen LogP contribution in [-0.2, 0) is 4.74 Å². The van der Waals surface area contributed by atoms with Crippen LogP contribution >= 0.6 is 0 Å². The second-order valence-electron chi connectivity index (χ2n) is 5.61. The van der Waals surface area contributed by atoms with E-state index < -0.39 is 0 Å². The van der Waals surface area contributed by atoms with Crippen molar-refractivity contribution in [2.75, 3.05) is 31.1 Å². The van der Waals surface area contributed by atoms with E-state index in [0.29, 0.717) is 25.2 Å². The van der Waals surface area contributed by atoms with E-state index in [4.69, 9.17) is 4.74 Å². The van der Waals surface area contributed by atoms with Gasteiger partial charge in [-0.25, -0.2) is 4.79 Å². The normalized spacial score (nSPS) is 21.0. The Bertz CT molecular complexity index is 555. The van der Waals surface area contributed by atoms with Crippen LogP contribution in [0.2, 0.25) is 0 Å². The lowest BCUT2D eigenvalue weighted by Gasteiger charge is -2.15. The van der Waals surface area contributed by atoms with Crippen molar-refractivity contribution in [3.63, 3.8) is 0 Å². The first kappa shape index (κ1) is 14.8. The molecule has 118 valence electrons. The van der Waals surface area contributed by atoms with E-state index in [2.05, 4.69) is 10.6 Å². The Morgan fingerprint density at radius 2 is 2.36 bits per heavy atom. The van der Waals surface area contributed by atoms with Gasteiger partial charge < -0.3 is 15.4 Å². The lowest BCUT2D eigenvalue weighted by atomic mass is 10.1. The molecular formula is C16H21N3O3. The fourth-order valence-corrected chi connectivity index (χ4v) is 2.85. The molecule has 2 aliphatic rings. The Kier molecular flexibility index (Phi) is 4.58. The van der Waals surface area contributed by atoms with Gasteiger partial charge in [0.2, 0.25) is 0 Å². The number of urea groups is 1. The second kappa shape index (κ2) is 6.79. The Morgan fingerprint density at radius 1 is 1.45 bits per heavy atom. The van der Waals surface area contributed by atoms with Gasteiger partial charge in [0.05, 0.1) is 6.10 Å². The van der Waals surface area contributed by atoms with Gasteiger partial charge in [-0.15, -0.1) is 0 Å². The summed E-state index contributed by atoms with van der Waals surface area (Å²) in [5, 5.41) is 5.67. The molecule has 22 heavy (non-hydrogen) atoms. The van der Waals surface area contributed by atoms with Crippen LogP contribution < -0.4 is 15.5 Å². The van der Waals surface area contributed by atoms with Gasteiger partial charge in [-0.1, -0.05) is 6.07 Å². The minimum atomic E-state index is -0.115. The third-order valence-electron chi connectivity index (χ3n) is 4.05. The fourth-order valence-electron chi connectivity index (χ4n) is 2.85. The zero-order valence-corrected chi connectivity index (χ0v) is 12.5. The predicted octanol–water partition coefficient (Wildman–Crippen LogP) is 1.52. The molecule has 0 radical (unpaired) electrons. The molecule has 2 N–H and O–H groups in total. The molecule has 1 atom stereocenters. The number of nitrogens with zero attached hydrogens (tertiary/aromatic N) is 1. The Morgan fingerprint density at radius 3 is 3.09 bits per heavy atom. The smallest absolute Gasteiger partial charge is 0.321 e. The SMILES string of the molecule is O=C(NCC[C@@H]1CCCO1)c1cccc(N2CCNC2=O)c1. The van der Waals surface area contributed by atoms with Gasteiger partial charge in [0.15, 0.2) is 0 Å². The first-order chi connectivity index (χ1) is 10.7. The van der Waals surface area contributed by atoms with Crippen LogP contribution in [0.25, 0.3) is 0 Å². The molecule has 2 aliphatic heterocycles. The van der Waals surface area contributed by atoms with Gasteiger partial charge in [0.1, 0.15) is 0 Å². The summed E-state index contributed by atoms with van der Waals surface area (Å²) in [4.78, 5) is 25.5. The molecule has 3 amide bonds. The first-order valence-electron chi connectivity index (χ1n) is 7.79. The van der Waals surface area contributed by atoms with Gasteiger partial charge in [-0.3, -0.25) is 9.69 Å². The molecule has 2 fully saturated rings. The number of carbonyl (C=O) groups excluding carboxylic acids is 2. The summed E-state index contributed by atoms with van der Waals surface area (Å²) in [7, 11) is 0.